The summed E-state index contributed by atoms with van der Waals surface area (Å²) in [6.45, 7) is 2.09. The maximum atomic E-state index is 12.5. The van der Waals surface area contributed by atoms with Crippen molar-refractivity contribution >= 4 is 5.96 Å². The smallest absolute Gasteiger partial charge is 0.387 e. The first-order valence-electron chi connectivity index (χ1n) is 9.89. The topological polar surface area (TPSA) is 75.1 Å². The Morgan fingerprint density at radius 3 is 2.47 bits per heavy atom. The number of alkyl halides is 2. The molecule has 0 aliphatic carbocycles. The molecule has 0 spiro atoms. The molecule has 6 nitrogen and oxygen atoms in total. The number of nitrogens with zero attached hydrogens (tertiary/aromatic N) is 1. The first-order chi connectivity index (χ1) is 14.5. The van der Waals surface area contributed by atoms with Gasteiger partial charge in [-0.15, -0.1) is 0 Å². The van der Waals surface area contributed by atoms with E-state index in [0.29, 0.717) is 18.1 Å². The normalized spacial score (nSPS) is 13.7. The lowest BCUT2D eigenvalue weighted by Gasteiger charge is -2.18. The maximum Gasteiger partial charge on any atom is 0.387 e. The third-order valence-electron chi connectivity index (χ3n) is 4.25. The Morgan fingerprint density at radius 2 is 1.77 bits per heavy atom. The Kier molecular flexibility index (Phi) is 10.0. The molecule has 0 heterocycles. The summed E-state index contributed by atoms with van der Waals surface area (Å²) in [7, 11) is 0. The molecule has 0 aliphatic heterocycles. The summed E-state index contributed by atoms with van der Waals surface area (Å²) >= 11 is 0. The number of guanidine groups is 1. The van der Waals surface area contributed by atoms with Crippen molar-refractivity contribution in [1.29, 1.82) is 0 Å². The van der Waals surface area contributed by atoms with Crippen LogP contribution in [0, 0.1) is 0 Å². The summed E-state index contributed by atoms with van der Waals surface area (Å²) < 4.78 is 35.3. The highest BCUT2D eigenvalue weighted by molar-refractivity contribution is 5.79. The average molecular weight is 421 g/mol. The Hall–Kier alpha value is -2.71. The first kappa shape index (κ1) is 23.6. The number of para-hydroxylation sites is 1. The summed E-state index contributed by atoms with van der Waals surface area (Å²) in [5, 5.41) is 16.3. The maximum absolute atomic E-state index is 12.5. The molecule has 2 unspecified atom stereocenters. The van der Waals surface area contributed by atoms with Crippen molar-refractivity contribution in [2.75, 3.05) is 19.7 Å². The molecular weight excluding hydrogens is 392 g/mol. The van der Waals surface area contributed by atoms with E-state index in [0.717, 1.165) is 5.56 Å². The Balaban J connectivity index is 1.86. The highest BCUT2D eigenvalue weighted by Gasteiger charge is 2.12. The first-order valence-corrected chi connectivity index (χ1v) is 9.89. The van der Waals surface area contributed by atoms with E-state index in [9.17, 15) is 13.9 Å². The minimum absolute atomic E-state index is 0.0930. The van der Waals surface area contributed by atoms with E-state index in [1.54, 1.807) is 18.2 Å². The molecular formula is C22H29F2N3O3. The predicted molar refractivity (Wildman–Crippen MR) is 113 cm³/mol. The Morgan fingerprint density at radius 1 is 1.07 bits per heavy atom. The molecule has 2 aromatic carbocycles. The molecule has 8 heteroatoms. The van der Waals surface area contributed by atoms with E-state index in [-0.39, 0.29) is 31.5 Å². The van der Waals surface area contributed by atoms with Gasteiger partial charge in [0.15, 0.2) is 5.96 Å². The summed E-state index contributed by atoms with van der Waals surface area (Å²) in [5.74, 6) is 0.551. The van der Waals surface area contributed by atoms with Gasteiger partial charge in [-0.2, -0.15) is 8.78 Å². The molecule has 2 rings (SSSR count). The quantitative estimate of drug-likeness (QED) is 0.383. The molecule has 0 amide bonds. The van der Waals surface area contributed by atoms with Crippen molar-refractivity contribution in [3.05, 3.63) is 65.7 Å². The van der Waals surface area contributed by atoms with Gasteiger partial charge in [0.2, 0.25) is 0 Å². The van der Waals surface area contributed by atoms with Gasteiger partial charge in [-0.25, -0.2) is 4.99 Å². The average Bonchev–Trinajstić information content (AvgIpc) is 2.75. The van der Waals surface area contributed by atoms with Gasteiger partial charge in [-0.3, -0.25) is 0 Å². The van der Waals surface area contributed by atoms with Crippen molar-refractivity contribution in [2.24, 2.45) is 4.99 Å². The fraction of sp³-hybridized carbons (Fsp3) is 0.409. The standard InChI is InChI=1S/C22H29F2N3O3/c1-3-25-22(26-13-18-11-7-8-12-20(18)30-21(23)24)27-14-19(28)15-29-16(2)17-9-5-4-6-10-17/h4-12,16,19,21,28H,3,13-15H2,1-2H3,(H2,25,26,27). The number of nitrogens with one attached hydrogen (secondary N) is 2. The van der Waals surface area contributed by atoms with Gasteiger partial charge >= 0.3 is 6.61 Å². The van der Waals surface area contributed by atoms with Gasteiger partial charge < -0.3 is 25.2 Å². The molecule has 30 heavy (non-hydrogen) atoms. The van der Waals surface area contributed by atoms with Crippen molar-refractivity contribution < 1.29 is 23.4 Å². The number of halogens is 2. The van der Waals surface area contributed by atoms with Crippen molar-refractivity contribution in [3.63, 3.8) is 0 Å². The minimum atomic E-state index is -2.89. The zero-order valence-electron chi connectivity index (χ0n) is 17.2. The molecule has 3 N–H and O–H groups in total. The van der Waals surface area contributed by atoms with Crippen molar-refractivity contribution in [1.82, 2.24) is 10.6 Å². The molecule has 0 fully saturated rings. The van der Waals surface area contributed by atoms with Crippen LogP contribution in [-0.2, 0) is 11.3 Å². The van der Waals surface area contributed by atoms with E-state index in [1.807, 2.05) is 44.2 Å². The number of benzene rings is 2. The predicted octanol–water partition coefficient (Wildman–Crippen LogP) is 3.48. The SMILES string of the molecule is CCNC(=NCc1ccccc1OC(F)F)NCC(O)COC(C)c1ccccc1. The van der Waals surface area contributed by atoms with E-state index in [1.165, 1.54) is 6.07 Å². The number of aliphatic hydroxyl groups excluding tert-OH is 1. The lowest BCUT2D eigenvalue weighted by Crippen LogP contribution is -2.42. The zero-order valence-corrected chi connectivity index (χ0v) is 17.2. The summed E-state index contributed by atoms with van der Waals surface area (Å²) in [6.07, 6.45) is -0.872. The van der Waals surface area contributed by atoms with Crippen LogP contribution in [0.4, 0.5) is 8.78 Å². The summed E-state index contributed by atoms with van der Waals surface area (Å²) in [4.78, 5) is 4.38. The van der Waals surface area contributed by atoms with E-state index in [4.69, 9.17) is 4.74 Å². The molecule has 0 bridgehead atoms. The van der Waals surface area contributed by atoms with Crippen LogP contribution in [0.25, 0.3) is 0 Å². The lowest BCUT2D eigenvalue weighted by atomic mass is 10.1. The second-order valence-corrected chi connectivity index (χ2v) is 6.60. The van der Waals surface area contributed by atoms with Crippen molar-refractivity contribution in [3.8, 4) is 5.75 Å². The highest BCUT2D eigenvalue weighted by atomic mass is 19.3. The van der Waals surface area contributed by atoms with Gasteiger partial charge in [0.25, 0.3) is 0 Å². The van der Waals surface area contributed by atoms with Crippen LogP contribution in [0.2, 0.25) is 0 Å². The molecule has 2 aromatic rings. The second kappa shape index (κ2) is 12.8. The van der Waals surface area contributed by atoms with E-state index >= 15 is 0 Å². The molecule has 2 atom stereocenters. The largest absolute Gasteiger partial charge is 0.434 e. The van der Waals surface area contributed by atoms with Gasteiger partial charge in [-0.1, -0.05) is 48.5 Å². The van der Waals surface area contributed by atoms with Gasteiger partial charge in [0, 0.05) is 18.7 Å². The van der Waals surface area contributed by atoms with Crippen molar-refractivity contribution in [2.45, 2.75) is 39.2 Å². The number of aliphatic imine (C=N–C) groups is 1. The number of rotatable bonds is 11. The highest BCUT2D eigenvalue weighted by Crippen LogP contribution is 2.21. The summed E-state index contributed by atoms with van der Waals surface area (Å²) in [5.41, 5.74) is 1.58. The van der Waals surface area contributed by atoms with Crippen LogP contribution in [0.1, 0.15) is 31.1 Å². The Bertz CT molecular complexity index is 775. The van der Waals surface area contributed by atoms with Crippen LogP contribution in [0.15, 0.2) is 59.6 Å². The fourth-order valence-corrected chi connectivity index (χ4v) is 2.70. The van der Waals surface area contributed by atoms with Gasteiger partial charge in [-0.05, 0) is 25.5 Å². The molecule has 0 saturated carbocycles. The third kappa shape index (κ3) is 8.34. The zero-order chi connectivity index (χ0) is 21.8. The molecule has 0 aliphatic rings. The van der Waals surface area contributed by atoms with E-state index in [2.05, 4.69) is 20.4 Å². The van der Waals surface area contributed by atoms with Crippen LogP contribution in [0.3, 0.4) is 0 Å². The van der Waals surface area contributed by atoms with Crippen LogP contribution in [-0.4, -0.2) is 43.5 Å². The number of hydrogen-bond acceptors (Lipinski definition) is 4. The summed E-state index contributed by atoms with van der Waals surface area (Å²) in [6, 6.07) is 16.3. The van der Waals surface area contributed by atoms with Gasteiger partial charge in [0.05, 0.1) is 25.4 Å². The van der Waals surface area contributed by atoms with E-state index < -0.39 is 12.7 Å². The molecule has 0 saturated heterocycles. The molecule has 0 radical (unpaired) electrons. The Labute approximate surface area is 175 Å². The molecule has 0 aromatic heterocycles. The fourth-order valence-electron chi connectivity index (χ4n) is 2.70. The van der Waals surface area contributed by atoms with Crippen LogP contribution < -0.4 is 15.4 Å². The monoisotopic (exact) mass is 421 g/mol. The number of aliphatic hydroxyl groups is 1. The number of ether oxygens (including phenoxy) is 2. The van der Waals surface area contributed by atoms with Crippen LogP contribution in [0.5, 0.6) is 5.75 Å². The number of hydrogen-bond donors (Lipinski definition) is 3. The lowest BCUT2D eigenvalue weighted by molar-refractivity contribution is -0.0504. The second-order valence-electron chi connectivity index (χ2n) is 6.60. The third-order valence-corrected chi connectivity index (χ3v) is 4.25. The van der Waals surface area contributed by atoms with Gasteiger partial charge in [0.1, 0.15) is 5.75 Å². The van der Waals surface area contributed by atoms with Crippen LogP contribution >= 0.6 is 0 Å². The molecule has 164 valence electrons. The minimum Gasteiger partial charge on any atom is -0.434 e.